The molecule has 0 fully saturated rings. The van der Waals surface area contributed by atoms with Gasteiger partial charge < -0.3 is 5.32 Å². The van der Waals surface area contributed by atoms with Gasteiger partial charge in [-0.1, -0.05) is 47.5 Å². The Labute approximate surface area is 164 Å². The molecule has 134 valence electrons. The SMILES string of the molecule is Cc1cc(C)cc(C(=O)NC(=S)Nc2ccc3c(c2)Cc2ccccc2-3)c1. The Morgan fingerprint density at radius 3 is 2.37 bits per heavy atom. The van der Waals surface area contributed by atoms with E-state index in [1.807, 2.05) is 38.1 Å². The zero-order chi connectivity index (χ0) is 19.0. The van der Waals surface area contributed by atoms with Crippen molar-refractivity contribution in [3.8, 4) is 11.1 Å². The van der Waals surface area contributed by atoms with Crippen molar-refractivity contribution in [1.82, 2.24) is 5.32 Å². The van der Waals surface area contributed by atoms with Gasteiger partial charge in [-0.15, -0.1) is 0 Å². The summed E-state index contributed by atoms with van der Waals surface area (Å²) in [5, 5.41) is 6.19. The van der Waals surface area contributed by atoms with Crippen LogP contribution in [0.5, 0.6) is 0 Å². The Kier molecular flexibility index (Phi) is 4.50. The third-order valence-corrected chi connectivity index (χ3v) is 4.97. The molecule has 1 aliphatic rings. The van der Waals surface area contributed by atoms with Gasteiger partial charge in [0, 0.05) is 11.3 Å². The molecule has 0 saturated heterocycles. The van der Waals surface area contributed by atoms with Gasteiger partial charge in [0.25, 0.3) is 5.91 Å². The highest BCUT2D eigenvalue weighted by Gasteiger charge is 2.18. The molecule has 0 radical (unpaired) electrons. The van der Waals surface area contributed by atoms with Crippen LogP contribution in [0.4, 0.5) is 5.69 Å². The molecule has 3 aromatic carbocycles. The molecule has 4 rings (SSSR count). The number of rotatable bonds is 2. The minimum atomic E-state index is -0.201. The fraction of sp³-hybridized carbons (Fsp3) is 0.130. The molecule has 1 aliphatic carbocycles. The van der Waals surface area contributed by atoms with E-state index in [0.29, 0.717) is 10.7 Å². The summed E-state index contributed by atoms with van der Waals surface area (Å²) in [6.07, 6.45) is 0.919. The first kappa shape index (κ1) is 17.4. The number of fused-ring (bicyclic) bond motifs is 3. The highest BCUT2D eigenvalue weighted by Crippen LogP contribution is 2.37. The van der Waals surface area contributed by atoms with Crippen LogP contribution in [0.3, 0.4) is 0 Å². The van der Waals surface area contributed by atoms with Gasteiger partial charge in [-0.05, 0) is 79.0 Å². The molecule has 0 unspecified atom stereocenters. The monoisotopic (exact) mass is 372 g/mol. The number of benzene rings is 3. The van der Waals surface area contributed by atoms with Crippen LogP contribution in [0.15, 0.2) is 60.7 Å². The summed E-state index contributed by atoms with van der Waals surface area (Å²) < 4.78 is 0. The summed E-state index contributed by atoms with van der Waals surface area (Å²) in [5.41, 5.74) is 8.77. The van der Waals surface area contributed by atoms with Gasteiger partial charge in [0.05, 0.1) is 0 Å². The molecular weight excluding hydrogens is 352 g/mol. The number of hydrogen-bond donors (Lipinski definition) is 2. The Balaban J connectivity index is 1.46. The summed E-state index contributed by atoms with van der Waals surface area (Å²) in [6, 6.07) is 20.4. The third-order valence-electron chi connectivity index (χ3n) is 4.76. The van der Waals surface area contributed by atoms with Gasteiger partial charge in [-0.3, -0.25) is 10.1 Å². The van der Waals surface area contributed by atoms with Gasteiger partial charge >= 0.3 is 0 Å². The summed E-state index contributed by atoms with van der Waals surface area (Å²) in [7, 11) is 0. The van der Waals surface area contributed by atoms with Gasteiger partial charge in [0.1, 0.15) is 0 Å². The predicted octanol–water partition coefficient (Wildman–Crippen LogP) is 5.00. The summed E-state index contributed by atoms with van der Waals surface area (Å²) in [4.78, 5) is 12.4. The topological polar surface area (TPSA) is 41.1 Å². The molecule has 1 amide bonds. The second-order valence-electron chi connectivity index (χ2n) is 6.99. The van der Waals surface area contributed by atoms with Crippen molar-refractivity contribution in [2.45, 2.75) is 20.3 Å². The third kappa shape index (κ3) is 3.62. The Hall–Kier alpha value is -2.98. The first-order valence-electron chi connectivity index (χ1n) is 8.91. The average molecular weight is 372 g/mol. The molecule has 0 spiro atoms. The van der Waals surface area contributed by atoms with E-state index in [1.54, 1.807) is 0 Å². The molecule has 0 atom stereocenters. The quantitative estimate of drug-likeness (QED) is 0.487. The lowest BCUT2D eigenvalue weighted by molar-refractivity contribution is 0.0977. The molecule has 0 bridgehead atoms. The van der Waals surface area contributed by atoms with Gasteiger partial charge in [-0.25, -0.2) is 0 Å². The van der Waals surface area contributed by atoms with Crippen LogP contribution >= 0.6 is 12.2 Å². The number of amides is 1. The standard InChI is InChI=1S/C23H20N2OS/c1-14-9-15(2)11-18(10-14)22(26)25-23(27)24-19-7-8-21-17(13-19)12-16-5-3-4-6-20(16)21/h3-11,13H,12H2,1-2H3,(H2,24,25,26,27). The number of nitrogens with one attached hydrogen (secondary N) is 2. The van der Waals surface area contributed by atoms with Crippen LogP contribution < -0.4 is 10.6 Å². The van der Waals surface area contributed by atoms with Crippen molar-refractivity contribution in [1.29, 1.82) is 0 Å². The molecule has 3 aromatic rings. The lowest BCUT2D eigenvalue weighted by Gasteiger charge is -2.12. The lowest BCUT2D eigenvalue weighted by Crippen LogP contribution is -2.34. The number of carbonyl (C=O) groups is 1. The maximum absolute atomic E-state index is 12.4. The first-order valence-corrected chi connectivity index (χ1v) is 9.32. The van der Waals surface area contributed by atoms with Crippen molar-refractivity contribution in [3.05, 3.63) is 88.5 Å². The van der Waals surface area contributed by atoms with E-state index >= 15 is 0 Å². The van der Waals surface area contributed by atoms with Crippen LogP contribution in [-0.4, -0.2) is 11.0 Å². The van der Waals surface area contributed by atoms with E-state index in [0.717, 1.165) is 23.2 Å². The van der Waals surface area contributed by atoms with E-state index in [-0.39, 0.29) is 5.91 Å². The zero-order valence-electron chi connectivity index (χ0n) is 15.3. The summed E-state index contributed by atoms with van der Waals surface area (Å²) >= 11 is 5.33. The van der Waals surface area contributed by atoms with Crippen molar-refractivity contribution in [2.75, 3.05) is 5.32 Å². The van der Waals surface area contributed by atoms with Crippen molar-refractivity contribution < 1.29 is 4.79 Å². The predicted molar refractivity (Wildman–Crippen MR) is 114 cm³/mol. The lowest BCUT2D eigenvalue weighted by atomic mass is 10.1. The zero-order valence-corrected chi connectivity index (χ0v) is 16.1. The normalized spacial score (nSPS) is 11.5. The van der Waals surface area contributed by atoms with Gasteiger partial charge in [-0.2, -0.15) is 0 Å². The highest BCUT2D eigenvalue weighted by molar-refractivity contribution is 7.80. The Morgan fingerprint density at radius 2 is 1.59 bits per heavy atom. The van der Waals surface area contributed by atoms with Gasteiger partial charge in [0.2, 0.25) is 0 Å². The molecule has 2 N–H and O–H groups in total. The number of thiocarbonyl (C=S) groups is 1. The first-order chi connectivity index (χ1) is 13.0. The number of aryl methyl sites for hydroxylation is 2. The molecular formula is C23H20N2OS. The fourth-order valence-electron chi connectivity index (χ4n) is 3.67. The Bertz CT molecular complexity index is 1050. The van der Waals surface area contributed by atoms with Crippen LogP contribution in [0.1, 0.15) is 32.6 Å². The van der Waals surface area contributed by atoms with E-state index in [4.69, 9.17) is 12.2 Å². The highest BCUT2D eigenvalue weighted by atomic mass is 32.1. The minimum absolute atomic E-state index is 0.201. The van der Waals surface area contributed by atoms with Crippen molar-refractivity contribution in [3.63, 3.8) is 0 Å². The van der Waals surface area contributed by atoms with E-state index in [9.17, 15) is 4.79 Å². The van der Waals surface area contributed by atoms with Crippen molar-refractivity contribution >= 4 is 28.9 Å². The second kappa shape index (κ2) is 6.97. The number of hydrogen-bond acceptors (Lipinski definition) is 2. The average Bonchev–Trinajstić information content (AvgIpc) is 2.98. The number of carbonyl (C=O) groups excluding carboxylic acids is 1. The smallest absolute Gasteiger partial charge is 0.257 e. The molecule has 0 aliphatic heterocycles. The van der Waals surface area contributed by atoms with Crippen LogP contribution in [0.2, 0.25) is 0 Å². The van der Waals surface area contributed by atoms with E-state index < -0.39 is 0 Å². The maximum Gasteiger partial charge on any atom is 0.257 e. The minimum Gasteiger partial charge on any atom is -0.332 e. The summed E-state index contributed by atoms with van der Waals surface area (Å²) in [6.45, 7) is 3.95. The van der Waals surface area contributed by atoms with Crippen LogP contribution in [0, 0.1) is 13.8 Å². The largest absolute Gasteiger partial charge is 0.332 e. The number of anilines is 1. The van der Waals surface area contributed by atoms with E-state index in [1.165, 1.54) is 22.3 Å². The maximum atomic E-state index is 12.4. The van der Waals surface area contributed by atoms with Crippen LogP contribution in [-0.2, 0) is 6.42 Å². The van der Waals surface area contributed by atoms with Crippen LogP contribution in [0.25, 0.3) is 11.1 Å². The molecule has 27 heavy (non-hydrogen) atoms. The summed E-state index contributed by atoms with van der Waals surface area (Å²) in [5.74, 6) is -0.201. The van der Waals surface area contributed by atoms with Gasteiger partial charge in [0.15, 0.2) is 5.11 Å². The molecule has 4 heteroatoms. The molecule has 0 heterocycles. The molecule has 0 saturated carbocycles. The van der Waals surface area contributed by atoms with E-state index in [2.05, 4.69) is 47.0 Å². The molecule has 3 nitrogen and oxygen atoms in total. The van der Waals surface area contributed by atoms with Crippen molar-refractivity contribution in [2.24, 2.45) is 0 Å². The molecule has 0 aromatic heterocycles. The Morgan fingerprint density at radius 1 is 0.889 bits per heavy atom. The fourth-order valence-corrected chi connectivity index (χ4v) is 3.88. The second-order valence-corrected chi connectivity index (χ2v) is 7.40.